The van der Waals surface area contributed by atoms with E-state index in [9.17, 15) is 4.79 Å². The van der Waals surface area contributed by atoms with E-state index in [2.05, 4.69) is 6.58 Å². The van der Waals surface area contributed by atoms with Gasteiger partial charge in [0.05, 0.1) is 0 Å². The van der Waals surface area contributed by atoms with Crippen molar-refractivity contribution in [1.29, 1.82) is 0 Å². The highest BCUT2D eigenvalue weighted by Crippen LogP contribution is 2.30. The van der Waals surface area contributed by atoms with Crippen LogP contribution in [0.4, 0.5) is 0 Å². The van der Waals surface area contributed by atoms with Crippen LogP contribution in [0.2, 0.25) is 0 Å². The number of hydrogen-bond donors (Lipinski definition) is 0. The van der Waals surface area contributed by atoms with Gasteiger partial charge in [0.25, 0.3) is 0 Å². The molecular formula is C8H12O. The van der Waals surface area contributed by atoms with Gasteiger partial charge in [-0.2, -0.15) is 0 Å². The lowest BCUT2D eigenvalue weighted by Crippen LogP contribution is -2.05. The summed E-state index contributed by atoms with van der Waals surface area (Å²) in [5.74, 6) is 0.755. The second-order valence-corrected chi connectivity index (χ2v) is 2.63. The van der Waals surface area contributed by atoms with E-state index in [-0.39, 0.29) is 5.92 Å². The smallest absolute Gasteiger partial charge is 0.123 e. The van der Waals surface area contributed by atoms with Crippen LogP contribution in [0, 0.1) is 11.8 Å². The fourth-order valence-electron chi connectivity index (χ4n) is 1.48. The molecule has 0 saturated heterocycles. The van der Waals surface area contributed by atoms with Crippen molar-refractivity contribution < 1.29 is 4.79 Å². The average Bonchev–Trinajstić information content (AvgIpc) is 2.33. The first kappa shape index (κ1) is 6.53. The summed E-state index contributed by atoms with van der Waals surface area (Å²) < 4.78 is 0. The van der Waals surface area contributed by atoms with Crippen LogP contribution in [-0.4, -0.2) is 6.29 Å². The van der Waals surface area contributed by atoms with Gasteiger partial charge in [0, 0.05) is 5.92 Å². The predicted molar refractivity (Wildman–Crippen MR) is 37.1 cm³/mol. The molecular weight excluding hydrogens is 112 g/mol. The highest BCUT2D eigenvalue weighted by Gasteiger charge is 2.23. The summed E-state index contributed by atoms with van der Waals surface area (Å²) >= 11 is 0. The molecule has 0 amide bonds. The average molecular weight is 124 g/mol. The standard InChI is InChI=1S/C8H12O/c1-2-7-4-3-5-8(7)6-9/h2,6-8H,1,3-5H2. The van der Waals surface area contributed by atoms with Crippen molar-refractivity contribution in [1.82, 2.24) is 0 Å². The van der Waals surface area contributed by atoms with Crippen molar-refractivity contribution in [3.63, 3.8) is 0 Å². The van der Waals surface area contributed by atoms with Crippen LogP contribution in [0.3, 0.4) is 0 Å². The van der Waals surface area contributed by atoms with E-state index in [1.807, 2.05) is 6.08 Å². The zero-order valence-electron chi connectivity index (χ0n) is 5.55. The molecule has 0 radical (unpaired) electrons. The van der Waals surface area contributed by atoms with Gasteiger partial charge >= 0.3 is 0 Å². The van der Waals surface area contributed by atoms with E-state index in [1.165, 1.54) is 6.42 Å². The maximum atomic E-state index is 10.3. The molecule has 1 saturated carbocycles. The summed E-state index contributed by atoms with van der Waals surface area (Å²) in [6.45, 7) is 3.68. The third-order valence-electron chi connectivity index (χ3n) is 2.10. The minimum atomic E-state index is 0.280. The van der Waals surface area contributed by atoms with Crippen molar-refractivity contribution in [3.05, 3.63) is 12.7 Å². The molecule has 2 atom stereocenters. The zero-order chi connectivity index (χ0) is 6.69. The largest absolute Gasteiger partial charge is 0.303 e. The Morgan fingerprint density at radius 2 is 2.00 bits per heavy atom. The summed E-state index contributed by atoms with van der Waals surface area (Å²) in [7, 11) is 0. The van der Waals surface area contributed by atoms with Gasteiger partial charge in [-0.15, -0.1) is 6.58 Å². The molecule has 0 aliphatic heterocycles. The number of rotatable bonds is 2. The van der Waals surface area contributed by atoms with Crippen molar-refractivity contribution in [3.8, 4) is 0 Å². The van der Waals surface area contributed by atoms with Crippen molar-refractivity contribution in [2.75, 3.05) is 0 Å². The summed E-state index contributed by atoms with van der Waals surface area (Å²) in [4.78, 5) is 10.3. The molecule has 1 aliphatic rings. The van der Waals surface area contributed by atoms with E-state index >= 15 is 0 Å². The Hall–Kier alpha value is -0.590. The summed E-state index contributed by atoms with van der Waals surface area (Å²) in [6, 6.07) is 0. The molecule has 0 aromatic heterocycles. The minimum absolute atomic E-state index is 0.280. The Morgan fingerprint density at radius 1 is 1.33 bits per heavy atom. The lowest BCUT2D eigenvalue weighted by molar-refractivity contribution is -0.111. The molecule has 1 rings (SSSR count). The van der Waals surface area contributed by atoms with E-state index < -0.39 is 0 Å². The molecule has 2 unspecified atom stereocenters. The molecule has 1 fully saturated rings. The number of hydrogen-bond acceptors (Lipinski definition) is 1. The van der Waals surface area contributed by atoms with Gasteiger partial charge in [-0.05, 0) is 18.8 Å². The number of carbonyl (C=O) groups excluding carboxylic acids is 1. The molecule has 1 aliphatic carbocycles. The second kappa shape index (κ2) is 2.81. The number of allylic oxidation sites excluding steroid dienone is 1. The van der Waals surface area contributed by atoms with Crippen LogP contribution in [0.15, 0.2) is 12.7 Å². The second-order valence-electron chi connectivity index (χ2n) is 2.63. The number of carbonyl (C=O) groups is 1. The van der Waals surface area contributed by atoms with Gasteiger partial charge in [0.15, 0.2) is 0 Å². The Kier molecular flexibility index (Phi) is 2.04. The number of aldehydes is 1. The van der Waals surface area contributed by atoms with E-state index in [0.717, 1.165) is 19.1 Å². The Morgan fingerprint density at radius 3 is 2.44 bits per heavy atom. The van der Waals surface area contributed by atoms with Gasteiger partial charge in [-0.25, -0.2) is 0 Å². The normalized spacial score (nSPS) is 34.2. The molecule has 0 aromatic carbocycles. The monoisotopic (exact) mass is 124 g/mol. The summed E-state index contributed by atoms with van der Waals surface area (Å²) in [5.41, 5.74) is 0. The molecule has 0 aromatic rings. The van der Waals surface area contributed by atoms with E-state index in [1.54, 1.807) is 0 Å². The van der Waals surface area contributed by atoms with Gasteiger partial charge in [-0.1, -0.05) is 12.5 Å². The first-order chi connectivity index (χ1) is 4.38. The van der Waals surface area contributed by atoms with Gasteiger partial charge in [0.1, 0.15) is 6.29 Å². The first-order valence-electron chi connectivity index (χ1n) is 3.46. The maximum absolute atomic E-state index is 10.3. The van der Waals surface area contributed by atoms with Crippen molar-refractivity contribution >= 4 is 6.29 Å². The Balaban J connectivity index is 2.50. The van der Waals surface area contributed by atoms with Gasteiger partial charge in [-0.3, -0.25) is 0 Å². The quantitative estimate of drug-likeness (QED) is 0.405. The van der Waals surface area contributed by atoms with E-state index in [4.69, 9.17) is 0 Å². The molecule has 0 bridgehead atoms. The lowest BCUT2D eigenvalue weighted by atomic mass is 9.98. The van der Waals surface area contributed by atoms with Crippen LogP contribution in [0.1, 0.15) is 19.3 Å². The van der Waals surface area contributed by atoms with E-state index in [0.29, 0.717) is 5.92 Å². The Bertz CT molecular complexity index is 104. The Labute approximate surface area is 55.8 Å². The molecule has 50 valence electrons. The molecule has 1 nitrogen and oxygen atoms in total. The summed E-state index contributed by atoms with van der Waals surface area (Å²) in [5, 5.41) is 0. The SMILES string of the molecule is C=CC1CCCC1C=O. The minimum Gasteiger partial charge on any atom is -0.303 e. The first-order valence-corrected chi connectivity index (χ1v) is 3.46. The predicted octanol–water partition coefficient (Wildman–Crippen LogP) is 1.79. The van der Waals surface area contributed by atoms with Crippen LogP contribution in [0.25, 0.3) is 0 Å². The molecule has 0 N–H and O–H groups in total. The third kappa shape index (κ3) is 1.21. The van der Waals surface area contributed by atoms with Crippen LogP contribution < -0.4 is 0 Å². The van der Waals surface area contributed by atoms with Crippen LogP contribution >= 0.6 is 0 Å². The van der Waals surface area contributed by atoms with Crippen molar-refractivity contribution in [2.24, 2.45) is 11.8 Å². The highest BCUT2D eigenvalue weighted by molar-refractivity contribution is 5.55. The zero-order valence-corrected chi connectivity index (χ0v) is 5.55. The third-order valence-corrected chi connectivity index (χ3v) is 2.10. The van der Waals surface area contributed by atoms with Crippen LogP contribution in [-0.2, 0) is 4.79 Å². The summed E-state index contributed by atoms with van der Waals surface area (Å²) in [6.07, 6.45) is 6.40. The van der Waals surface area contributed by atoms with Gasteiger partial charge in [0.2, 0.25) is 0 Å². The van der Waals surface area contributed by atoms with Crippen LogP contribution in [0.5, 0.6) is 0 Å². The molecule has 0 spiro atoms. The maximum Gasteiger partial charge on any atom is 0.123 e. The van der Waals surface area contributed by atoms with Gasteiger partial charge < -0.3 is 4.79 Å². The molecule has 1 heteroatoms. The topological polar surface area (TPSA) is 17.1 Å². The fourth-order valence-corrected chi connectivity index (χ4v) is 1.48. The molecule has 0 heterocycles. The highest BCUT2D eigenvalue weighted by atomic mass is 16.1. The molecule has 9 heavy (non-hydrogen) atoms. The lowest BCUT2D eigenvalue weighted by Gasteiger charge is -2.05. The fraction of sp³-hybridized carbons (Fsp3) is 0.625. The van der Waals surface area contributed by atoms with Crippen molar-refractivity contribution in [2.45, 2.75) is 19.3 Å².